The third kappa shape index (κ3) is 5.62. The second kappa shape index (κ2) is 10.6. The van der Waals surface area contributed by atoms with Crippen LogP contribution in [0.3, 0.4) is 0 Å². The van der Waals surface area contributed by atoms with E-state index < -0.39 is 17.2 Å². The molecular weight excluding hydrogens is 440 g/mol. The molecule has 6 heteroatoms. The molecule has 0 aliphatic rings. The molecule has 0 fully saturated rings. The Labute approximate surface area is 201 Å². The van der Waals surface area contributed by atoms with E-state index >= 15 is 0 Å². The number of hydrogen-bond acceptors (Lipinski definition) is 5. The van der Waals surface area contributed by atoms with Crippen molar-refractivity contribution in [2.45, 2.75) is 0 Å². The molecule has 0 unspecified atom stereocenters. The minimum atomic E-state index is -1.39. The minimum absolute atomic E-state index is 0.00244. The molecule has 6 nitrogen and oxygen atoms in total. The van der Waals surface area contributed by atoms with E-state index in [1.165, 1.54) is 12.1 Å². The van der Waals surface area contributed by atoms with Crippen LogP contribution in [0.4, 0.5) is 17.1 Å². The number of carboxylic acid groups (broad SMARTS) is 1. The first-order chi connectivity index (χ1) is 17.0. The molecule has 0 aliphatic carbocycles. The Morgan fingerprint density at radius 2 is 1.37 bits per heavy atom. The fourth-order valence-corrected chi connectivity index (χ4v) is 3.45. The van der Waals surface area contributed by atoms with Gasteiger partial charge >= 0.3 is 11.6 Å². The number of rotatable bonds is 7. The summed E-state index contributed by atoms with van der Waals surface area (Å²) in [5, 5.41) is 17.8. The number of anilines is 3. The molecule has 3 aromatic carbocycles. The molecule has 0 saturated carbocycles. The molecule has 4 rings (SSSR count). The average Bonchev–Trinajstić information content (AvgIpc) is 2.89. The lowest BCUT2D eigenvalue weighted by atomic mass is 10.1. The molecule has 0 bridgehead atoms. The predicted octanol–water partition coefficient (Wildman–Crippen LogP) is 6.27. The second-order valence-corrected chi connectivity index (χ2v) is 7.49. The highest BCUT2D eigenvalue weighted by atomic mass is 16.4. The van der Waals surface area contributed by atoms with Gasteiger partial charge < -0.3 is 14.4 Å². The van der Waals surface area contributed by atoms with Crippen molar-refractivity contribution in [3.05, 3.63) is 130 Å². The van der Waals surface area contributed by atoms with Crippen LogP contribution in [0.2, 0.25) is 0 Å². The summed E-state index contributed by atoms with van der Waals surface area (Å²) >= 11 is 0. The van der Waals surface area contributed by atoms with Crippen molar-refractivity contribution < 1.29 is 14.3 Å². The fraction of sp³-hybridized carbons (Fsp3) is 0. The monoisotopic (exact) mass is 460 g/mol. The van der Waals surface area contributed by atoms with E-state index in [-0.39, 0.29) is 5.76 Å². The van der Waals surface area contributed by atoms with E-state index in [1.807, 2.05) is 60.7 Å². The second-order valence-electron chi connectivity index (χ2n) is 7.49. The molecule has 1 aromatic heterocycles. The summed E-state index contributed by atoms with van der Waals surface area (Å²) in [6.45, 7) is 0. The van der Waals surface area contributed by atoms with E-state index in [1.54, 1.807) is 18.2 Å². The Morgan fingerprint density at radius 1 is 0.800 bits per heavy atom. The van der Waals surface area contributed by atoms with Gasteiger partial charge in [-0.2, -0.15) is 5.26 Å². The lowest BCUT2D eigenvalue weighted by molar-refractivity contribution is -0.132. The van der Waals surface area contributed by atoms with Crippen LogP contribution in [0.15, 0.2) is 112 Å². The third-order valence-corrected chi connectivity index (χ3v) is 5.15. The van der Waals surface area contributed by atoms with Crippen LogP contribution in [0, 0.1) is 11.3 Å². The van der Waals surface area contributed by atoms with Crippen LogP contribution < -0.4 is 10.5 Å². The number of carboxylic acids is 1. The third-order valence-electron chi connectivity index (χ3n) is 5.15. The molecule has 1 N–H and O–H groups in total. The molecule has 35 heavy (non-hydrogen) atoms. The van der Waals surface area contributed by atoms with Gasteiger partial charge in [0.1, 0.15) is 17.4 Å². The Morgan fingerprint density at radius 3 is 1.89 bits per heavy atom. The van der Waals surface area contributed by atoms with Gasteiger partial charge in [0.25, 0.3) is 0 Å². The van der Waals surface area contributed by atoms with Gasteiger partial charge in [-0.1, -0.05) is 54.6 Å². The van der Waals surface area contributed by atoms with Crippen LogP contribution in [0.1, 0.15) is 16.9 Å². The van der Waals surface area contributed by atoms with Gasteiger partial charge in [0.15, 0.2) is 0 Å². The van der Waals surface area contributed by atoms with E-state index in [4.69, 9.17) is 14.8 Å². The maximum atomic E-state index is 12.3. The molecule has 4 aromatic rings. The number of nitriles is 1. The number of benzene rings is 3. The average molecular weight is 460 g/mol. The summed E-state index contributed by atoms with van der Waals surface area (Å²) in [4.78, 5) is 25.4. The van der Waals surface area contributed by atoms with Crippen molar-refractivity contribution in [1.29, 1.82) is 5.26 Å². The van der Waals surface area contributed by atoms with E-state index in [2.05, 4.69) is 29.2 Å². The summed E-state index contributed by atoms with van der Waals surface area (Å²) in [6, 6.07) is 32.6. The minimum Gasteiger partial charge on any atom is -0.477 e. The summed E-state index contributed by atoms with van der Waals surface area (Å²) < 4.78 is 5.12. The van der Waals surface area contributed by atoms with Crippen molar-refractivity contribution >= 4 is 41.3 Å². The Hall–Kier alpha value is -5.15. The number of aliphatic carboxylic acids is 1. The molecule has 0 amide bonds. The fourth-order valence-electron chi connectivity index (χ4n) is 3.45. The zero-order valence-electron chi connectivity index (χ0n) is 18.5. The number of carbonyl (C=O) groups is 1. The topological polar surface area (TPSA) is 94.5 Å². The van der Waals surface area contributed by atoms with Crippen molar-refractivity contribution in [2.75, 3.05) is 4.90 Å². The zero-order valence-corrected chi connectivity index (χ0v) is 18.5. The van der Waals surface area contributed by atoms with E-state index in [9.17, 15) is 9.59 Å². The zero-order chi connectivity index (χ0) is 24.6. The molecule has 0 atom stereocenters. The molecule has 1 heterocycles. The summed E-state index contributed by atoms with van der Waals surface area (Å²) in [5.41, 5.74) is 3.10. The maximum absolute atomic E-state index is 12.3. The standard InChI is InChI=1S/C29H20N2O4/c30-20-23(28(32)33)19-27-18-15-22(29(34)35-27)14-11-21-12-16-26(17-13-21)31(24-7-3-1-4-8-24)25-9-5-2-6-10-25/h1-19H,(H,32,33)/b14-11+,23-19-. The van der Waals surface area contributed by atoms with Crippen molar-refractivity contribution in [2.24, 2.45) is 0 Å². The molecule has 0 aliphatic heterocycles. The first kappa shape index (κ1) is 23.0. The molecule has 0 radical (unpaired) electrons. The molecule has 0 saturated heterocycles. The summed E-state index contributed by atoms with van der Waals surface area (Å²) in [5.74, 6) is -1.39. The molecule has 0 spiro atoms. The highest BCUT2D eigenvalue weighted by Crippen LogP contribution is 2.34. The Bertz CT molecular complexity index is 1440. The highest BCUT2D eigenvalue weighted by Gasteiger charge is 2.11. The van der Waals surface area contributed by atoms with Gasteiger partial charge in [0.2, 0.25) is 0 Å². The maximum Gasteiger partial charge on any atom is 0.346 e. The molecular formula is C29H20N2O4. The van der Waals surface area contributed by atoms with Gasteiger partial charge in [-0.3, -0.25) is 0 Å². The predicted molar refractivity (Wildman–Crippen MR) is 136 cm³/mol. The normalized spacial score (nSPS) is 11.2. The number of hydrogen-bond donors (Lipinski definition) is 1. The smallest absolute Gasteiger partial charge is 0.346 e. The number of nitrogens with zero attached hydrogens (tertiary/aromatic N) is 2. The number of para-hydroxylation sites is 2. The van der Waals surface area contributed by atoms with Gasteiger partial charge in [-0.25, -0.2) is 9.59 Å². The lowest BCUT2D eigenvalue weighted by Gasteiger charge is -2.25. The first-order valence-corrected chi connectivity index (χ1v) is 10.7. The summed E-state index contributed by atoms with van der Waals surface area (Å²) in [6.07, 6.45) is 4.43. The van der Waals surface area contributed by atoms with E-state index in [0.29, 0.717) is 5.56 Å². The van der Waals surface area contributed by atoms with Gasteiger partial charge in [0, 0.05) is 23.1 Å². The van der Waals surface area contributed by atoms with Crippen LogP contribution in [-0.2, 0) is 4.79 Å². The van der Waals surface area contributed by atoms with Crippen LogP contribution in [0.25, 0.3) is 18.2 Å². The van der Waals surface area contributed by atoms with Crippen molar-refractivity contribution in [1.82, 2.24) is 0 Å². The highest BCUT2D eigenvalue weighted by molar-refractivity contribution is 5.96. The van der Waals surface area contributed by atoms with Crippen LogP contribution in [-0.4, -0.2) is 11.1 Å². The van der Waals surface area contributed by atoms with E-state index in [0.717, 1.165) is 28.7 Å². The van der Waals surface area contributed by atoms with Crippen molar-refractivity contribution in [3.63, 3.8) is 0 Å². The first-order valence-electron chi connectivity index (χ1n) is 10.7. The Kier molecular flexibility index (Phi) is 7.00. The van der Waals surface area contributed by atoms with Crippen LogP contribution in [0.5, 0.6) is 0 Å². The lowest BCUT2D eigenvalue weighted by Crippen LogP contribution is -2.09. The quantitative estimate of drug-likeness (QED) is 0.258. The van der Waals surface area contributed by atoms with Gasteiger partial charge in [0.05, 0.1) is 5.56 Å². The van der Waals surface area contributed by atoms with Crippen LogP contribution >= 0.6 is 0 Å². The largest absolute Gasteiger partial charge is 0.477 e. The van der Waals surface area contributed by atoms with Gasteiger partial charge in [-0.15, -0.1) is 0 Å². The molecule has 170 valence electrons. The van der Waals surface area contributed by atoms with Gasteiger partial charge in [-0.05, 0) is 60.2 Å². The summed E-state index contributed by atoms with van der Waals surface area (Å²) in [7, 11) is 0. The SMILES string of the molecule is N#C/C(=C/c1ccc(/C=C/c2ccc(N(c3ccccc3)c3ccccc3)cc2)c(=O)o1)C(=O)O. The Balaban J connectivity index is 1.57. The van der Waals surface area contributed by atoms with Crippen molar-refractivity contribution in [3.8, 4) is 6.07 Å².